The third kappa shape index (κ3) is 3.60. The molecule has 0 saturated heterocycles. The Morgan fingerprint density at radius 1 is 1.32 bits per heavy atom. The van der Waals surface area contributed by atoms with E-state index in [-0.39, 0.29) is 5.41 Å². The van der Waals surface area contributed by atoms with Crippen LogP contribution in [0, 0.1) is 6.92 Å². The summed E-state index contributed by atoms with van der Waals surface area (Å²) in [5.74, 6) is -0.188. The molecule has 0 saturated carbocycles. The number of methoxy groups -OCH3 is 1. The summed E-state index contributed by atoms with van der Waals surface area (Å²) in [5, 5.41) is 8.89. The quantitative estimate of drug-likeness (QED) is 0.843. The molecule has 1 rings (SSSR count). The Morgan fingerprint density at radius 2 is 1.89 bits per heavy atom. The summed E-state index contributed by atoms with van der Waals surface area (Å²) in [6.45, 7) is 10.1. The number of rotatable bonds is 3. The van der Waals surface area contributed by atoms with E-state index >= 15 is 0 Å². The highest BCUT2D eigenvalue weighted by Crippen LogP contribution is 2.38. The van der Waals surface area contributed by atoms with Gasteiger partial charge >= 0.3 is 5.97 Å². The molecule has 0 aromatic heterocycles. The lowest BCUT2D eigenvalue weighted by Gasteiger charge is -2.25. The summed E-state index contributed by atoms with van der Waals surface area (Å²) in [6, 6.07) is 4.05. The Morgan fingerprint density at radius 3 is 2.32 bits per heavy atom. The number of aliphatic carboxylic acids is 1. The first-order valence-corrected chi connectivity index (χ1v) is 6.27. The van der Waals surface area contributed by atoms with Crippen LogP contribution in [0.15, 0.2) is 18.2 Å². The lowest BCUT2D eigenvalue weighted by atomic mass is 9.83. The van der Waals surface area contributed by atoms with Crippen LogP contribution in [-0.2, 0) is 10.2 Å². The van der Waals surface area contributed by atoms with E-state index in [4.69, 9.17) is 9.84 Å². The van der Waals surface area contributed by atoms with Gasteiger partial charge in [0.2, 0.25) is 0 Å². The zero-order valence-electron chi connectivity index (χ0n) is 12.5. The molecule has 0 amide bonds. The van der Waals surface area contributed by atoms with Gasteiger partial charge in [0.05, 0.1) is 7.11 Å². The highest BCUT2D eigenvalue weighted by atomic mass is 16.5. The number of benzene rings is 1. The molecule has 1 N–H and O–H groups in total. The van der Waals surface area contributed by atoms with E-state index in [0.29, 0.717) is 5.57 Å². The number of carboxylic acid groups (broad SMARTS) is 1. The van der Waals surface area contributed by atoms with Crippen LogP contribution in [0.2, 0.25) is 0 Å². The van der Waals surface area contributed by atoms with Crippen molar-refractivity contribution in [1.82, 2.24) is 0 Å². The van der Waals surface area contributed by atoms with Crippen molar-refractivity contribution in [1.29, 1.82) is 0 Å². The molecule has 19 heavy (non-hydrogen) atoms. The van der Waals surface area contributed by atoms with Gasteiger partial charge in [0.15, 0.2) is 0 Å². The van der Waals surface area contributed by atoms with Gasteiger partial charge in [-0.2, -0.15) is 0 Å². The van der Waals surface area contributed by atoms with Gasteiger partial charge in [-0.15, -0.1) is 0 Å². The van der Waals surface area contributed by atoms with Crippen LogP contribution >= 0.6 is 0 Å². The molecule has 0 aliphatic heterocycles. The van der Waals surface area contributed by atoms with E-state index in [1.165, 1.54) is 6.08 Å². The molecule has 0 aliphatic rings. The minimum Gasteiger partial charge on any atom is -0.496 e. The number of carbonyl (C=O) groups is 1. The van der Waals surface area contributed by atoms with Gasteiger partial charge in [-0.05, 0) is 36.5 Å². The van der Waals surface area contributed by atoms with Crippen LogP contribution in [0.5, 0.6) is 5.75 Å². The topological polar surface area (TPSA) is 46.5 Å². The van der Waals surface area contributed by atoms with Crippen LogP contribution in [0.3, 0.4) is 0 Å². The monoisotopic (exact) mass is 262 g/mol. The average molecular weight is 262 g/mol. The van der Waals surface area contributed by atoms with Crippen LogP contribution in [0.1, 0.15) is 44.4 Å². The first-order valence-electron chi connectivity index (χ1n) is 6.27. The number of allylic oxidation sites excluding steroid dienone is 1. The Hall–Kier alpha value is -1.77. The van der Waals surface area contributed by atoms with E-state index in [0.717, 1.165) is 22.4 Å². The lowest BCUT2D eigenvalue weighted by molar-refractivity contribution is -0.131. The van der Waals surface area contributed by atoms with Gasteiger partial charge in [-0.3, -0.25) is 0 Å². The molecule has 0 atom stereocenters. The minimum absolute atomic E-state index is 0.0599. The van der Waals surface area contributed by atoms with Crippen molar-refractivity contribution in [2.75, 3.05) is 7.11 Å². The van der Waals surface area contributed by atoms with Gasteiger partial charge < -0.3 is 9.84 Å². The molecule has 1 aromatic rings. The number of aryl methyl sites for hydroxylation is 1. The smallest absolute Gasteiger partial charge is 0.328 e. The second-order valence-electron chi connectivity index (χ2n) is 5.81. The number of hydrogen-bond acceptors (Lipinski definition) is 2. The van der Waals surface area contributed by atoms with Crippen molar-refractivity contribution >= 4 is 11.5 Å². The highest BCUT2D eigenvalue weighted by molar-refractivity contribution is 5.90. The van der Waals surface area contributed by atoms with Crippen molar-refractivity contribution in [2.45, 2.75) is 40.0 Å². The van der Waals surface area contributed by atoms with Crippen LogP contribution in [-0.4, -0.2) is 18.2 Å². The summed E-state index contributed by atoms with van der Waals surface area (Å²) in [5.41, 5.74) is 3.66. The summed E-state index contributed by atoms with van der Waals surface area (Å²) in [7, 11) is 1.62. The Kier molecular flexibility index (Phi) is 4.40. The zero-order chi connectivity index (χ0) is 14.8. The first-order chi connectivity index (χ1) is 8.66. The SMILES string of the molecule is COc1c(/C(C)=C/C(=O)O)cc(C)cc1C(C)(C)C. The molecule has 0 fully saturated rings. The van der Waals surface area contributed by atoms with Crippen molar-refractivity contribution in [2.24, 2.45) is 0 Å². The average Bonchev–Trinajstić information content (AvgIpc) is 2.25. The van der Waals surface area contributed by atoms with Gasteiger partial charge in [-0.1, -0.05) is 26.8 Å². The van der Waals surface area contributed by atoms with Gasteiger partial charge in [0, 0.05) is 17.2 Å². The number of carboxylic acids is 1. The molecule has 0 spiro atoms. The molecular formula is C16H22O3. The predicted molar refractivity (Wildman–Crippen MR) is 77.7 cm³/mol. The largest absolute Gasteiger partial charge is 0.496 e. The Balaban J connectivity index is 3.57. The normalized spacial score (nSPS) is 12.4. The Bertz CT molecular complexity index is 520. The maximum atomic E-state index is 10.8. The van der Waals surface area contributed by atoms with E-state index in [1.54, 1.807) is 14.0 Å². The fourth-order valence-electron chi connectivity index (χ4n) is 2.11. The number of hydrogen-bond donors (Lipinski definition) is 1. The maximum absolute atomic E-state index is 10.8. The van der Waals surface area contributed by atoms with Crippen molar-refractivity contribution in [3.63, 3.8) is 0 Å². The summed E-state index contributed by atoms with van der Waals surface area (Å²) in [6.07, 6.45) is 1.21. The van der Waals surface area contributed by atoms with Crippen LogP contribution in [0.4, 0.5) is 0 Å². The van der Waals surface area contributed by atoms with Crippen molar-refractivity contribution < 1.29 is 14.6 Å². The molecule has 0 radical (unpaired) electrons. The number of ether oxygens (including phenoxy) is 1. The van der Waals surface area contributed by atoms with Gasteiger partial charge in [0.25, 0.3) is 0 Å². The first kappa shape index (κ1) is 15.3. The lowest BCUT2D eigenvalue weighted by Crippen LogP contribution is -2.14. The fraction of sp³-hybridized carbons (Fsp3) is 0.438. The third-order valence-electron chi connectivity index (χ3n) is 3.01. The van der Waals surface area contributed by atoms with E-state index in [9.17, 15) is 4.79 Å². The van der Waals surface area contributed by atoms with Gasteiger partial charge in [-0.25, -0.2) is 4.79 Å². The second-order valence-corrected chi connectivity index (χ2v) is 5.81. The fourth-order valence-corrected chi connectivity index (χ4v) is 2.11. The second kappa shape index (κ2) is 5.47. The molecule has 3 nitrogen and oxygen atoms in total. The van der Waals surface area contributed by atoms with Crippen molar-refractivity contribution in [3.05, 3.63) is 34.9 Å². The van der Waals surface area contributed by atoms with E-state index < -0.39 is 5.97 Å². The van der Waals surface area contributed by atoms with E-state index in [2.05, 4.69) is 26.8 Å². The molecular weight excluding hydrogens is 240 g/mol. The van der Waals surface area contributed by atoms with E-state index in [1.807, 2.05) is 13.0 Å². The molecule has 1 aromatic carbocycles. The molecule has 0 unspecified atom stereocenters. The minimum atomic E-state index is -0.946. The predicted octanol–water partition coefficient (Wildman–Crippen LogP) is 3.79. The summed E-state index contributed by atoms with van der Waals surface area (Å²) < 4.78 is 5.53. The third-order valence-corrected chi connectivity index (χ3v) is 3.01. The molecule has 0 aliphatic carbocycles. The van der Waals surface area contributed by atoms with Crippen LogP contribution in [0.25, 0.3) is 5.57 Å². The van der Waals surface area contributed by atoms with Crippen LogP contribution < -0.4 is 4.74 Å². The standard InChI is InChI=1S/C16H22O3/c1-10-7-12(11(2)9-14(17)18)15(19-6)13(8-10)16(3,4)5/h7-9H,1-6H3,(H,17,18)/b11-9+. The highest BCUT2D eigenvalue weighted by Gasteiger charge is 2.22. The molecule has 3 heteroatoms. The molecule has 0 bridgehead atoms. The Labute approximate surface area is 114 Å². The summed E-state index contributed by atoms with van der Waals surface area (Å²) in [4.78, 5) is 10.8. The maximum Gasteiger partial charge on any atom is 0.328 e. The molecule has 0 heterocycles. The van der Waals surface area contributed by atoms with Crippen molar-refractivity contribution in [3.8, 4) is 5.75 Å². The molecule has 104 valence electrons. The summed E-state index contributed by atoms with van der Waals surface area (Å²) >= 11 is 0. The van der Waals surface area contributed by atoms with Gasteiger partial charge in [0.1, 0.15) is 5.75 Å². The zero-order valence-corrected chi connectivity index (χ0v) is 12.5.